The maximum atomic E-state index is 13.4. The minimum atomic E-state index is -0.198. The van der Waals surface area contributed by atoms with Crippen LogP contribution in [0.1, 0.15) is 30.0 Å². The van der Waals surface area contributed by atoms with Crippen LogP contribution in [0.3, 0.4) is 0 Å². The molecule has 102 valence electrons. The molecule has 0 aromatic heterocycles. The quantitative estimate of drug-likeness (QED) is 0.780. The Morgan fingerprint density at radius 3 is 2.72 bits per heavy atom. The van der Waals surface area contributed by atoms with E-state index in [-0.39, 0.29) is 18.5 Å². The molecule has 0 amide bonds. The van der Waals surface area contributed by atoms with Crippen molar-refractivity contribution in [3.05, 3.63) is 35.1 Å². The molecule has 0 spiro atoms. The molecule has 1 rings (SSSR count). The lowest BCUT2D eigenvalue weighted by Gasteiger charge is -2.19. The van der Waals surface area contributed by atoms with Gasteiger partial charge in [0.25, 0.3) is 0 Å². The van der Waals surface area contributed by atoms with Gasteiger partial charge < -0.3 is 15.7 Å². The number of benzene rings is 1. The van der Waals surface area contributed by atoms with E-state index in [0.29, 0.717) is 5.56 Å². The van der Waals surface area contributed by atoms with Crippen molar-refractivity contribution in [1.82, 2.24) is 4.90 Å². The Kier molecular flexibility index (Phi) is 6.25. The molecule has 0 fully saturated rings. The Hall–Kier alpha value is -0.970. The first kappa shape index (κ1) is 15.1. The molecular formula is C14H23FN2O. The first-order valence-electron chi connectivity index (χ1n) is 6.35. The van der Waals surface area contributed by atoms with Crippen molar-refractivity contribution in [2.45, 2.75) is 25.8 Å². The van der Waals surface area contributed by atoms with Crippen LogP contribution in [0.2, 0.25) is 0 Å². The minimum Gasteiger partial charge on any atom is -0.396 e. The molecule has 0 saturated carbocycles. The fourth-order valence-corrected chi connectivity index (χ4v) is 1.82. The van der Waals surface area contributed by atoms with Crippen molar-refractivity contribution in [2.75, 3.05) is 26.7 Å². The Morgan fingerprint density at radius 2 is 2.11 bits per heavy atom. The summed E-state index contributed by atoms with van der Waals surface area (Å²) in [4.78, 5) is 2.13. The average Bonchev–Trinajstić information content (AvgIpc) is 2.36. The molecule has 0 radical (unpaired) electrons. The van der Waals surface area contributed by atoms with Gasteiger partial charge in [0.05, 0.1) is 0 Å². The summed E-state index contributed by atoms with van der Waals surface area (Å²) in [5.74, 6) is -0.198. The number of halogens is 1. The molecule has 3 N–H and O–H groups in total. The highest BCUT2D eigenvalue weighted by molar-refractivity contribution is 5.25. The molecule has 0 saturated heterocycles. The summed E-state index contributed by atoms with van der Waals surface area (Å²) < 4.78 is 13.4. The van der Waals surface area contributed by atoms with Crippen molar-refractivity contribution in [3.63, 3.8) is 0 Å². The van der Waals surface area contributed by atoms with Gasteiger partial charge in [0, 0.05) is 19.2 Å². The molecule has 0 heterocycles. The molecule has 1 aromatic rings. The molecule has 18 heavy (non-hydrogen) atoms. The Morgan fingerprint density at radius 1 is 1.39 bits per heavy atom. The van der Waals surface area contributed by atoms with Gasteiger partial charge >= 0.3 is 0 Å². The number of hydrogen-bond acceptors (Lipinski definition) is 3. The molecule has 0 aliphatic rings. The summed E-state index contributed by atoms with van der Waals surface area (Å²) in [6, 6.07) is 5.03. The summed E-state index contributed by atoms with van der Waals surface area (Å²) in [5, 5.41) is 8.73. The van der Waals surface area contributed by atoms with Crippen LogP contribution in [0.15, 0.2) is 18.2 Å². The van der Waals surface area contributed by atoms with E-state index < -0.39 is 0 Å². The highest BCUT2D eigenvalue weighted by atomic mass is 19.1. The lowest BCUT2D eigenvalue weighted by Crippen LogP contribution is -2.25. The van der Waals surface area contributed by atoms with Crippen LogP contribution in [-0.4, -0.2) is 36.8 Å². The second-order valence-electron chi connectivity index (χ2n) is 4.78. The highest BCUT2D eigenvalue weighted by Crippen LogP contribution is 2.17. The summed E-state index contributed by atoms with van der Waals surface area (Å²) in [6.45, 7) is 3.65. The van der Waals surface area contributed by atoms with E-state index in [9.17, 15) is 4.39 Å². The van der Waals surface area contributed by atoms with E-state index in [1.165, 1.54) is 6.07 Å². The zero-order chi connectivity index (χ0) is 13.5. The zero-order valence-electron chi connectivity index (χ0n) is 11.2. The number of nitrogens with zero attached hydrogens (tertiary/aromatic N) is 1. The Bertz CT molecular complexity index is 371. The number of aliphatic hydroxyl groups excluding tert-OH is 1. The van der Waals surface area contributed by atoms with E-state index in [2.05, 4.69) is 4.90 Å². The number of nitrogens with two attached hydrogens (primary N) is 1. The van der Waals surface area contributed by atoms with E-state index in [1.54, 1.807) is 13.0 Å². The van der Waals surface area contributed by atoms with Crippen molar-refractivity contribution < 1.29 is 9.50 Å². The number of aliphatic hydroxyl groups is 1. The van der Waals surface area contributed by atoms with Crippen LogP contribution in [-0.2, 0) is 0 Å². The fourth-order valence-electron chi connectivity index (χ4n) is 1.82. The molecule has 1 atom stereocenters. The van der Waals surface area contributed by atoms with Crippen LogP contribution in [0.4, 0.5) is 4.39 Å². The second kappa shape index (κ2) is 7.46. The van der Waals surface area contributed by atoms with Gasteiger partial charge in [-0.25, -0.2) is 4.39 Å². The van der Waals surface area contributed by atoms with Gasteiger partial charge in [-0.3, -0.25) is 0 Å². The molecule has 4 heteroatoms. The summed E-state index contributed by atoms with van der Waals surface area (Å²) >= 11 is 0. The average molecular weight is 254 g/mol. The molecule has 0 bridgehead atoms. The van der Waals surface area contributed by atoms with Gasteiger partial charge in [0.1, 0.15) is 5.82 Å². The minimum absolute atomic E-state index is 0.142. The summed E-state index contributed by atoms with van der Waals surface area (Å²) in [5.41, 5.74) is 7.53. The lowest BCUT2D eigenvalue weighted by atomic mass is 10.0. The molecular weight excluding hydrogens is 231 g/mol. The van der Waals surface area contributed by atoms with Crippen molar-refractivity contribution in [3.8, 4) is 0 Å². The first-order chi connectivity index (χ1) is 8.54. The van der Waals surface area contributed by atoms with E-state index in [0.717, 1.165) is 31.5 Å². The molecule has 1 aromatic carbocycles. The third-order valence-corrected chi connectivity index (χ3v) is 3.14. The normalized spacial score (nSPS) is 13.0. The first-order valence-corrected chi connectivity index (χ1v) is 6.35. The smallest absolute Gasteiger partial charge is 0.126 e. The van der Waals surface area contributed by atoms with Gasteiger partial charge in [-0.2, -0.15) is 0 Å². The van der Waals surface area contributed by atoms with Crippen LogP contribution in [0, 0.1) is 12.7 Å². The van der Waals surface area contributed by atoms with Gasteiger partial charge in [-0.05, 0) is 50.6 Å². The van der Waals surface area contributed by atoms with Gasteiger partial charge in [0.15, 0.2) is 0 Å². The molecule has 1 unspecified atom stereocenters. The van der Waals surface area contributed by atoms with E-state index in [4.69, 9.17) is 10.8 Å². The molecule has 3 nitrogen and oxygen atoms in total. The molecule has 0 aliphatic carbocycles. The van der Waals surface area contributed by atoms with Crippen molar-refractivity contribution in [1.29, 1.82) is 0 Å². The van der Waals surface area contributed by atoms with Gasteiger partial charge in [0.2, 0.25) is 0 Å². The largest absolute Gasteiger partial charge is 0.396 e. The SMILES string of the molecule is Cc1ccc(C(N)CCN(C)CCCO)cc1F. The van der Waals surface area contributed by atoms with Crippen LogP contribution in [0.5, 0.6) is 0 Å². The van der Waals surface area contributed by atoms with Gasteiger partial charge in [-0.15, -0.1) is 0 Å². The van der Waals surface area contributed by atoms with Crippen LogP contribution in [0.25, 0.3) is 0 Å². The lowest BCUT2D eigenvalue weighted by molar-refractivity contribution is 0.244. The predicted molar refractivity (Wildman–Crippen MR) is 71.9 cm³/mol. The predicted octanol–water partition coefficient (Wildman–Crippen LogP) is 1.84. The Labute approximate surface area is 108 Å². The van der Waals surface area contributed by atoms with Crippen molar-refractivity contribution in [2.24, 2.45) is 5.73 Å². The summed E-state index contributed by atoms with van der Waals surface area (Å²) in [6.07, 6.45) is 1.55. The van der Waals surface area contributed by atoms with Gasteiger partial charge in [-0.1, -0.05) is 12.1 Å². The van der Waals surface area contributed by atoms with Crippen LogP contribution >= 0.6 is 0 Å². The molecule has 0 aliphatic heterocycles. The highest BCUT2D eigenvalue weighted by Gasteiger charge is 2.09. The topological polar surface area (TPSA) is 49.5 Å². The third kappa shape index (κ3) is 4.72. The monoisotopic (exact) mass is 254 g/mol. The number of rotatable bonds is 7. The van der Waals surface area contributed by atoms with Crippen molar-refractivity contribution >= 4 is 0 Å². The second-order valence-corrected chi connectivity index (χ2v) is 4.78. The zero-order valence-corrected chi connectivity index (χ0v) is 11.2. The standard InChI is InChI=1S/C14H23FN2O/c1-11-4-5-12(10-13(11)15)14(16)6-8-17(2)7-3-9-18/h4-5,10,14,18H,3,6-9,16H2,1-2H3. The third-order valence-electron chi connectivity index (χ3n) is 3.14. The number of aryl methyl sites for hydroxylation is 1. The van der Waals surface area contributed by atoms with E-state index >= 15 is 0 Å². The van der Waals surface area contributed by atoms with Crippen LogP contribution < -0.4 is 5.73 Å². The Balaban J connectivity index is 2.44. The summed E-state index contributed by atoms with van der Waals surface area (Å²) in [7, 11) is 2.00. The number of hydrogen-bond donors (Lipinski definition) is 2. The fraction of sp³-hybridized carbons (Fsp3) is 0.571. The van der Waals surface area contributed by atoms with E-state index in [1.807, 2.05) is 13.1 Å². The maximum absolute atomic E-state index is 13.4. The maximum Gasteiger partial charge on any atom is 0.126 e.